The zero-order valence-corrected chi connectivity index (χ0v) is 10.9. The number of nitrogens with one attached hydrogen (secondary N) is 2. The van der Waals surface area contributed by atoms with E-state index in [1.165, 1.54) is 6.20 Å². The molecular formula is C15H12N2O4. The fourth-order valence-electron chi connectivity index (χ4n) is 1.89. The topological polar surface area (TPSA) is 99.3 Å². The number of benzene rings is 1. The highest BCUT2D eigenvalue weighted by Gasteiger charge is 2.21. The summed E-state index contributed by atoms with van der Waals surface area (Å²) in [4.78, 5) is 38.0. The predicted molar refractivity (Wildman–Crippen MR) is 76.9 cm³/mol. The minimum absolute atomic E-state index is 0.156. The Labute approximate surface area is 119 Å². The Morgan fingerprint density at radius 3 is 2.76 bits per heavy atom. The third-order valence-electron chi connectivity index (χ3n) is 2.96. The average molecular weight is 284 g/mol. The second-order valence-electron chi connectivity index (χ2n) is 4.35. The zero-order valence-electron chi connectivity index (χ0n) is 10.9. The number of carboxylic acid groups (broad SMARTS) is 1. The van der Waals surface area contributed by atoms with E-state index in [4.69, 9.17) is 11.5 Å². The van der Waals surface area contributed by atoms with Gasteiger partial charge in [0.2, 0.25) is 5.43 Å². The van der Waals surface area contributed by atoms with Crippen molar-refractivity contribution in [3.8, 4) is 12.3 Å². The first-order chi connectivity index (χ1) is 10.0. The van der Waals surface area contributed by atoms with Crippen LogP contribution in [-0.2, 0) is 4.79 Å². The van der Waals surface area contributed by atoms with Gasteiger partial charge in [-0.05, 0) is 12.1 Å². The van der Waals surface area contributed by atoms with Crippen LogP contribution in [0.1, 0.15) is 16.8 Å². The average Bonchev–Trinajstić information content (AvgIpc) is 2.47. The van der Waals surface area contributed by atoms with Gasteiger partial charge in [0.1, 0.15) is 11.6 Å². The first-order valence-corrected chi connectivity index (χ1v) is 6.12. The fraction of sp³-hybridized carbons (Fsp3) is 0.133. The Balaban J connectivity index is 2.36. The van der Waals surface area contributed by atoms with Crippen LogP contribution in [0.2, 0.25) is 0 Å². The monoisotopic (exact) mass is 284 g/mol. The molecule has 6 heteroatoms. The molecule has 1 unspecified atom stereocenters. The second-order valence-corrected chi connectivity index (χ2v) is 4.35. The third-order valence-corrected chi connectivity index (χ3v) is 2.96. The molecular weight excluding hydrogens is 272 g/mol. The Hall–Kier alpha value is -3.07. The van der Waals surface area contributed by atoms with Gasteiger partial charge >= 0.3 is 5.97 Å². The van der Waals surface area contributed by atoms with Gasteiger partial charge in [-0.15, -0.1) is 12.3 Å². The van der Waals surface area contributed by atoms with E-state index in [2.05, 4.69) is 16.2 Å². The van der Waals surface area contributed by atoms with E-state index < -0.39 is 23.3 Å². The summed E-state index contributed by atoms with van der Waals surface area (Å²) in [5.74, 6) is 0.144. The molecule has 2 aromatic rings. The van der Waals surface area contributed by atoms with Crippen molar-refractivity contribution in [1.82, 2.24) is 10.3 Å². The number of hydrogen-bond donors (Lipinski definition) is 3. The Morgan fingerprint density at radius 1 is 1.38 bits per heavy atom. The number of rotatable bonds is 4. The van der Waals surface area contributed by atoms with E-state index in [1.807, 2.05) is 0 Å². The molecule has 0 bridgehead atoms. The van der Waals surface area contributed by atoms with Crippen LogP contribution in [0.15, 0.2) is 35.3 Å². The van der Waals surface area contributed by atoms with E-state index >= 15 is 0 Å². The third kappa shape index (κ3) is 2.92. The van der Waals surface area contributed by atoms with Crippen LogP contribution in [0.3, 0.4) is 0 Å². The molecule has 0 spiro atoms. The number of aromatic amines is 1. The summed E-state index contributed by atoms with van der Waals surface area (Å²) in [6.45, 7) is 0. The summed E-state index contributed by atoms with van der Waals surface area (Å²) in [7, 11) is 0. The summed E-state index contributed by atoms with van der Waals surface area (Å²) in [5, 5.41) is 11.5. The van der Waals surface area contributed by atoms with E-state index in [9.17, 15) is 14.4 Å². The SMILES string of the molecule is C#CCC(NC(=O)c1c[nH]c2ccccc2c1=O)C(=O)O. The van der Waals surface area contributed by atoms with E-state index in [0.717, 1.165) is 0 Å². The summed E-state index contributed by atoms with van der Waals surface area (Å²) in [6.07, 6.45) is 6.15. The lowest BCUT2D eigenvalue weighted by Crippen LogP contribution is -2.42. The van der Waals surface area contributed by atoms with Crippen LogP contribution >= 0.6 is 0 Å². The Kier molecular flexibility index (Phi) is 4.05. The first kappa shape index (κ1) is 14.3. The normalized spacial score (nSPS) is 11.6. The molecule has 3 N–H and O–H groups in total. The number of aliphatic carboxylic acids is 1. The minimum Gasteiger partial charge on any atom is -0.480 e. The van der Waals surface area contributed by atoms with Crippen LogP contribution in [-0.4, -0.2) is 28.0 Å². The van der Waals surface area contributed by atoms with Crippen molar-refractivity contribution in [2.24, 2.45) is 0 Å². The maximum Gasteiger partial charge on any atom is 0.327 e. The highest BCUT2D eigenvalue weighted by atomic mass is 16.4. The number of H-pyrrole nitrogens is 1. The van der Waals surface area contributed by atoms with Gasteiger partial charge in [-0.3, -0.25) is 9.59 Å². The molecule has 1 atom stereocenters. The molecule has 0 fully saturated rings. The standard InChI is InChI=1S/C15H12N2O4/c1-2-5-12(15(20)21)17-14(19)10-8-16-11-7-4-3-6-9(11)13(10)18/h1,3-4,6-8,12H,5H2,(H,16,18)(H,17,19)(H,20,21). The quantitative estimate of drug-likeness (QED) is 0.721. The highest BCUT2D eigenvalue weighted by Crippen LogP contribution is 2.07. The van der Waals surface area contributed by atoms with Crippen LogP contribution < -0.4 is 10.7 Å². The number of carbonyl (C=O) groups is 2. The van der Waals surface area contributed by atoms with Crippen molar-refractivity contribution in [3.05, 3.63) is 46.2 Å². The van der Waals surface area contributed by atoms with Crippen LogP contribution in [0.5, 0.6) is 0 Å². The number of carbonyl (C=O) groups excluding carboxylic acids is 1. The van der Waals surface area contributed by atoms with E-state index in [0.29, 0.717) is 10.9 Å². The molecule has 0 radical (unpaired) electrons. The summed E-state index contributed by atoms with van der Waals surface area (Å²) >= 11 is 0. The van der Waals surface area contributed by atoms with Crippen molar-refractivity contribution >= 4 is 22.8 Å². The predicted octanol–water partition coefficient (Wildman–Crippen LogP) is 0.734. The van der Waals surface area contributed by atoms with Crippen molar-refractivity contribution in [2.45, 2.75) is 12.5 Å². The number of carboxylic acids is 1. The maximum atomic E-state index is 12.2. The highest BCUT2D eigenvalue weighted by molar-refractivity contribution is 5.98. The zero-order chi connectivity index (χ0) is 15.4. The van der Waals surface area contributed by atoms with Crippen molar-refractivity contribution in [1.29, 1.82) is 0 Å². The van der Waals surface area contributed by atoms with Crippen LogP contribution in [0.4, 0.5) is 0 Å². The molecule has 106 valence electrons. The second kappa shape index (κ2) is 5.92. The lowest BCUT2D eigenvalue weighted by Gasteiger charge is -2.11. The molecule has 6 nitrogen and oxygen atoms in total. The largest absolute Gasteiger partial charge is 0.480 e. The Morgan fingerprint density at radius 2 is 2.10 bits per heavy atom. The summed E-state index contributed by atoms with van der Waals surface area (Å²) in [5.41, 5.74) is -0.0267. The van der Waals surface area contributed by atoms with Crippen molar-refractivity contribution < 1.29 is 14.7 Å². The minimum atomic E-state index is -1.25. The van der Waals surface area contributed by atoms with Gasteiger partial charge in [-0.2, -0.15) is 0 Å². The summed E-state index contributed by atoms with van der Waals surface area (Å²) < 4.78 is 0. The molecule has 1 heterocycles. The van der Waals surface area contributed by atoms with Gasteiger partial charge < -0.3 is 15.4 Å². The van der Waals surface area contributed by atoms with Gasteiger partial charge in [0.05, 0.1) is 0 Å². The van der Waals surface area contributed by atoms with Crippen molar-refractivity contribution in [2.75, 3.05) is 0 Å². The lowest BCUT2D eigenvalue weighted by molar-refractivity contribution is -0.139. The molecule has 0 saturated carbocycles. The number of fused-ring (bicyclic) bond motifs is 1. The number of amides is 1. The Bertz CT molecular complexity index is 801. The number of pyridine rings is 1. The molecule has 0 aliphatic rings. The van der Waals surface area contributed by atoms with Crippen LogP contribution in [0, 0.1) is 12.3 Å². The molecule has 2 rings (SSSR count). The number of terminal acetylenes is 1. The number of hydrogen-bond acceptors (Lipinski definition) is 3. The van der Waals surface area contributed by atoms with E-state index in [1.54, 1.807) is 24.3 Å². The van der Waals surface area contributed by atoms with Gasteiger partial charge in [0, 0.05) is 23.5 Å². The molecule has 0 aliphatic heterocycles. The molecule has 0 aliphatic carbocycles. The number of para-hydroxylation sites is 1. The molecule has 1 aromatic carbocycles. The van der Waals surface area contributed by atoms with Gasteiger partial charge in [0.25, 0.3) is 5.91 Å². The van der Waals surface area contributed by atoms with Crippen molar-refractivity contribution in [3.63, 3.8) is 0 Å². The molecule has 1 amide bonds. The van der Waals surface area contributed by atoms with Gasteiger partial charge in [-0.1, -0.05) is 12.1 Å². The van der Waals surface area contributed by atoms with Crippen LogP contribution in [0.25, 0.3) is 10.9 Å². The molecule has 21 heavy (non-hydrogen) atoms. The molecule has 0 saturated heterocycles. The number of aromatic nitrogens is 1. The smallest absolute Gasteiger partial charge is 0.327 e. The lowest BCUT2D eigenvalue weighted by atomic mass is 10.1. The fourth-order valence-corrected chi connectivity index (χ4v) is 1.89. The molecule has 1 aromatic heterocycles. The van der Waals surface area contributed by atoms with Gasteiger partial charge in [0.15, 0.2) is 0 Å². The van der Waals surface area contributed by atoms with Gasteiger partial charge in [-0.25, -0.2) is 4.79 Å². The maximum absolute atomic E-state index is 12.2. The van der Waals surface area contributed by atoms with E-state index in [-0.39, 0.29) is 12.0 Å². The first-order valence-electron chi connectivity index (χ1n) is 6.12. The summed E-state index contributed by atoms with van der Waals surface area (Å²) in [6, 6.07) is 5.49.